The van der Waals surface area contributed by atoms with Gasteiger partial charge in [0.05, 0.1) is 5.69 Å². The number of benzene rings is 1. The summed E-state index contributed by atoms with van der Waals surface area (Å²) in [5, 5.41) is 5.92. The summed E-state index contributed by atoms with van der Waals surface area (Å²) < 4.78 is 2.10. The van der Waals surface area contributed by atoms with E-state index in [1.165, 1.54) is 22.6 Å². The molecule has 28 heavy (non-hydrogen) atoms. The second-order valence-electron chi connectivity index (χ2n) is 7.47. The summed E-state index contributed by atoms with van der Waals surface area (Å²) in [4.78, 5) is 19.7. The molecule has 0 aliphatic carbocycles. The van der Waals surface area contributed by atoms with Gasteiger partial charge in [0, 0.05) is 43.8 Å². The Morgan fingerprint density at radius 2 is 1.93 bits per heavy atom. The molecule has 4 rings (SSSR count). The Bertz CT molecular complexity index is 939. The summed E-state index contributed by atoms with van der Waals surface area (Å²) in [7, 11) is 2.02. The molecular formula is C22H26N4OS. The maximum Gasteiger partial charge on any atom is 0.270 e. The molecular weight excluding hydrogens is 368 g/mol. The largest absolute Gasteiger partial charge is 0.348 e. The molecule has 1 aromatic carbocycles. The van der Waals surface area contributed by atoms with E-state index in [1.807, 2.05) is 18.5 Å². The Kier molecular flexibility index (Phi) is 5.59. The van der Waals surface area contributed by atoms with E-state index in [2.05, 4.69) is 63.1 Å². The molecule has 1 fully saturated rings. The van der Waals surface area contributed by atoms with Gasteiger partial charge in [-0.25, -0.2) is 4.98 Å². The number of hydrogen-bond donors (Lipinski definition) is 1. The smallest absolute Gasteiger partial charge is 0.270 e. The molecule has 5 nitrogen and oxygen atoms in total. The number of nitrogens with zero attached hydrogens (tertiary/aromatic N) is 3. The van der Waals surface area contributed by atoms with Gasteiger partial charge in [0.2, 0.25) is 0 Å². The van der Waals surface area contributed by atoms with Crippen LogP contribution in [0.3, 0.4) is 0 Å². The number of nitrogens with one attached hydrogen (secondary N) is 1. The van der Waals surface area contributed by atoms with Crippen molar-refractivity contribution in [1.82, 2.24) is 19.8 Å². The van der Waals surface area contributed by atoms with E-state index in [-0.39, 0.29) is 11.9 Å². The van der Waals surface area contributed by atoms with Gasteiger partial charge in [0.25, 0.3) is 5.91 Å². The Labute approximate surface area is 170 Å². The maximum atomic E-state index is 12.6. The fraction of sp³-hybridized carbons (Fsp3) is 0.364. The Hall–Kier alpha value is -2.44. The van der Waals surface area contributed by atoms with Gasteiger partial charge >= 0.3 is 0 Å². The first kappa shape index (κ1) is 18.9. The van der Waals surface area contributed by atoms with Crippen LogP contribution in [0.4, 0.5) is 0 Å². The van der Waals surface area contributed by atoms with E-state index >= 15 is 0 Å². The van der Waals surface area contributed by atoms with Crippen molar-refractivity contribution in [3.05, 3.63) is 64.8 Å². The third-order valence-electron chi connectivity index (χ3n) is 5.50. The summed E-state index contributed by atoms with van der Waals surface area (Å²) in [5.41, 5.74) is 4.09. The lowest BCUT2D eigenvalue weighted by Crippen LogP contribution is -2.44. The highest BCUT2D eigenvalue weighted by molar-refractivity contribution is 7.13. The Morgan fingerprint density at radius 3 is 2.61 bits per heavy atom. The highest BCUT2D eigenvalue weighted by Gasteiger charge is 2.22. The molecule has 0 unspecified atom stereocenters. The molecule has 0 atom stereocenters. The van der Waals surface area contributed by atoms with Crippen molar-refractivity contribution in [2.45, 2.75) is 32.4 Å². The Morgan fingerprint density at radius 1 is 1.18 bits per heavy atom. The highest BCUT2D eigenvalue weighted by atomic mass is 32.1. The number of amides is 1. The molecule has 6 heteroatoms. The number of aromatic nitrogens is 2. The summed E-state index contributed by atoms with van der Waals surface area (Å²) in [5.74, 6) is -0.0602. The van der Waals surface area contributed by atoms with E-state index in [0.717, 1.165) is 43.2 Å². The molecule has 0 radical (unpaired) electrons. The van der Waals surface area contributed by atoms with Crippen molar-refractivity contribution in [2.75, 3.05) is 13.1 Å². The van der Waals surface area contributed by atoms with Crippen LogP contribution < -0.4 is 5.32 Å². The minimum absolute atomic E-state index is 0.0602. The standard InChI is InChI=1S/C22H26N4OS/c1-16-8-9-20(25(16)2)22-24-19(15-28-22)21(27)23-18-10-12-26(13-11-18)14-17-6-4-3-5-7-17/h3-9,15,18H,10-14H2,1-2H3,(H,23,27). The molecule has 0 spiro atoms. The average Bonchev–Trinajstić information content (AvgIpc) is 3.32. The minimum Gasteiger partial charge on any atom is -0.348 e. The summed E-state index contributed by atoms with van der Waals surface area (Å²) in [6, 6.07) is 14.9. The van der Waals surface area contributed by atoms with E-state index in [9.17, 15) is 4.79 Å². The molecule has 1 aliphatic rings. The van der Waals surface area contributed by atoms with Gasteiger partial charge in [-0.15, -0.1) is 11.3 Å². The van der Waals surface area contributed by atoms with E-state index < -0.39 is 0 Å². The van der Waals surface area contributed by atoms with Crippen molar-refractivity contribution in [3.8, 4) is 10.7 Å². The number of likely N-dealkylation sites (tertiary alicyclic amines) is 1. The summed E-state index contributed by atoms with van der Waals surface area (Å²) in [6.07, 6.45) is 1.96. The molecule has 2 aromatic heterocycles. The van der Waals surface area contributed by atoms with E-state index in [0.29, 0.717) is 5.69 Å². The van der Waals surface area contributed by atoms with Crippen LogP contribution in [0.15, 0.2) is 47.8 Å². The molecule has 146 valence electrons. The van der Waals surface area contributed by atoms with Gasteiger partial charge in [-0.3, -0.25) is 9.69 Å². The lowest BCUT2D eigenvalue weighted by atomic mass is 10.0. The van der Waals surface area contributed by atoms with Crippen molar-refractivity contribution >= 4 is 17.2 Å². The molecule has 1 N–H and O–H groups in total. The minimum atomic E-state index is -0.0602. The monoisotopic (exact) mass is 394 g/mol. The number of piperidine rings is 1. The topological polar surface area (TPSA) is 50.2 Å². The van der Waals surface area contributed by atoms with Gasteiger partial charge in [-0.1, -0.05) is 30.3 Å². The summed E-state index contributed by atoms with van der Waals surface area (Å²) in [6.45, 7) is 5.05. The van der Waals surface area contributed by atoms with Gasteiger partial charge in [0.1, 0.15) is 10.7 Å². The number of carbonyl (C=O) groups excluding carboxylic acids is 1. The van der Waals surface area contributed by atoms with Crippen LogP contribution in [-0.2, 0) is 13.6 Å². The molecule has 1 amide bonds. The molecule has 0 bridgehead atoms. The van der Waals surface area contributed by atoms with Crippen LogP contribution >= 0.6 is 11.3 Å². The second kappa shape index (κ2) is 8.29. The average molecular weight is 395 g/mol. The quantitative estimate of drug-likeness (QED) is 0.715. The fourth-order valence-corrected chi connectivity index (χ4v) is 4.52. The fourth-order valence-electron chi connectivity index (χ4n) is 3.66. The molecule has 3 aromatic rings. The number of thiazole rings is 1. The number of aryl methyl sites for hydroxylation is 1. The first-order valence-electron chi connectivity index (χ1n) is 9.75. The number of hydrogen-bond acceptors (Lipinski definition) is 4. The highest BCUT2D eigenvalue weighted by Crippen LogP contribution is 2.25. The number of carbonyl (C=O) groups is 1. The Balaban J connectivity index is 1.31. The van der Waals surface area contributed by atoms with Crippen molar-refractivity contribution in [2.24, 2.45) is 7.05 Å². The van der Waals surface area contributed by atoms with Crippen LogP contribution in [0, 0.1) is 6.92 Å². The molecule has 3 heterocycles. The first-order chi connectivity index (χ1) is 13.6. The zero-order chi connectivity index (χ0) is 19.5. The SMILES string of the molecule is Cc1ccc(-c2nc(C(=O)NC3CCN(Cc4ccccc4)CC3)cs2)n1C. The molecule has 0 saturated carbocycles. The van der Waals surface area contributed by atoms with Crippen LogP contribution in [0.1, 0.15) is 34.6 Å². The maximum absolute atomic E-state index is 12.6. The van der Waals surface area contributed by atoms with Crippen LogP contribution in [0.25, 0.3) is 10.7 Å². The third kappa shape index (κ3) is 4.18. The lowest BCUT2D eigenvalue weighted by Gasteiger charge is -2.32. The van der Waals surface area contributed by atoms with Gasteiger partial charge in [-0.05, 0) is 37.5 Å². The third-order valence-corrected chi connectivity index (χ3v) is 6.37. The normalized spacial score (nSPS) is 15.6. The zero-order valence-electron chi connectivity index (χ0n) is 16.4. The zero-order valence-corrected chi connectivity index (χ0v) is 17.2. The second-order valence-corrected chi connectivity index (χ2v) is 8.32. The van der Waals surface area contributed by atoms with Crippen molar-refractivity contribution < 1.29 is 4.79 Å². The van der Waals surface area contributed by atoms with Gasteiger partial charge in [-0.2, -0.15) is 0 Å². The van der Waals surface area contributed by atoms with Crippen LogP contribution in [0.2, 0.25) is 0 Å². The van der Waals surface area contributed by atoms with Crippen LogP contribution in [0.5, 0.6) is 0 Å². The van der Waals surface area contributed by atoms with E-state index in [1.54, 1.807) is 0 Å². The number of rotatable bonds is 5. The van der Waals surface area contributed by atoms with Crippen molar-refractivity contribution in [3.63, 3.8) is 0 Å². The molecule has 1 aliphatic heterocycles. The first-order valence-corrected chi connectivity index (χ1v) is 10.6. The lowest BCUT2D eigenvalue weighted by molar-refractivity contribution is 0.0904. The van der Waals surface area contributed by atoms with Crippen LogP contribution in [-0.4, -0.2) is 39.5 Å². The van der Waals surface area contributed by atoms with E-state index in [4.69, 9.17) is 0 Å². The molecule has 1 saturated heterocycles. The van der Waals surface area contributed by atoms with Crippen molar-refractivity contribution in [1.29, 1.82) is 0 Å². The van der Waals surface area contributed by atoms with Gasteiger partial charge < -0.3 is 9.88 Å². The predicted octanol–water partition coefficient (Wildman–Crippen LogP) is 3.85. The summed E-state index contributed by atoms with van der Waals surface area (Å²) >= 11 is 1.52. The predicted molar refractivity (Wildman–Crippen MR) is 113 cm³/mol. The van der Waals surface area contributed by atoms with Gasteiger partial charge in [0.15, 0.2) is 0 Å².